The van der Waals surface area contributed by atoms with Gasteiger partial charge in [0.05, 0.1) is 5.54 Å². The largest absolute Gasteiger partial charge is 0.299 e. The molecule has 1 saturated heterocycles. The molecule has 0 bridgehead atoms. The molecule has 1 amide bonds. The minimum Gasteiger partial charge on any atom is -0.299 e. The quantitative estimate of drug-likeness (QED) is 0.658. The van der Waals surface area contributed by atoms with E-state index in [2.05, 4.69) is 27.8 Å². The minimum atomic E-state index is -0.462. The van der Waals surface area contributed by atoms with E-state index in [1.165, 1.54) is 18.2 Å². The number of likely N-dealkylation sites (tertiary alicyclic amines) is 1. The maximum Gasteiger partial charge on any atom is 0.251 e. The molecule has 2 aromatic rings. The number of halogens is 3. The maximum absolute atomic E-state index is 14.2. The number of carbonyl (C=O) groups is 1. The van der Waals surface area contributed by atoms with Gasteiger partial charge in [0.15, 0.2) is 0 Å². The molecule has 0 aliphatic carbocycles. The third-order valence-electron chi connectivity index (χ3n) is 5.75. The highest BCUT2D eigenvalue weighted by molar-refractivity contribution is 9.10. The van der Waals surface area contributed by atoms with Crippen molar-refractivity contribution in [3.8, 4) is 0 Å². The summed E-state index contributed by atoms with van der Waals surface area (Å²) >= 11 is 3.40. The zero-order valence-corrected chi connectivity index (χ0v) is 17.1. The molecule has 1 spiro atoms. The second kappa shape index (κ2) is 7.41. The molecule has 1 fully saturated rings. The monoisotopic (exact) mass is 446 g/mol. The predicted molar refractivity (Wildman–Crippen MR) is 109 cm³/mol. The van der Waals surface area contributed by atoms with Gasteiger partial charge in [-0.3, -0.25) is 14.6 Å². The lowest BCUT2D eigenvalue weighted by molar-refractivity contribution is -0.114. The van der Waals surface area contributed by atoms with Gasteiger partial charge in [0.25, 0.3) is 5.91 Å². The molecule has 3 nitrogen and oxygen atoms in total. The first-order valence-electron chi connectivity index (χ1n) is 9.35. The van der Waals surface area contributed by atoms with Crippen molar-refractivity contribution in [3.05, 3.63) is 76.3 Å². The number of rotatable bonds is 3. The van der Waals surface area contributed by atoms with Gasteiger partial charge in [-0.05, 0) is 56.2 Å². The molecule has 2 unspecified atom stereocenters. The van der Waals surface area contributed by atoms with E-state index in [1.54, 1.807) is 29.2 Å². The Balaban J connectivity index is 1.56. The van der Waals surface area contributed by atoms with Crippen molar-refractivity contribution in [1.29, 1.82) is 0 Å². The SMILES string of the molecule is CC1CC2(C=CC(=O)N2c2cccc(F)c2)CCN1Cc1cc(Br)ccc1F. The fraction of sp³-hybridized carbons (Fsp3) is 0.318. The van der Waals surface area contributed by atoms with Crippen LogP contribution < -0.4 is 4.90 Å². The lowest BCUT2D eigenvalue weighted by atomic mass is 9.82. The number of hydrogen-bond acceptors (Lipinski definition) is 2. The van der Waals surface area contributed by atoms with Gasteiger partial charge in [0, 0.05) is 40.9 Å². The van der Waals surface area contributed by atoms with Crippen molar-refractivity contribution in [2.45, 2.75) is 37.9 Å². The highest BCUT2D eigenvalue weighted by Crippen LogP contribution is 2.41. The first-order chi connectivity index (χ1) is 13.4. The van der Waals surface area contributed by atoms with Crippen molar-refractivity contribution in [1.82, 2.24) is 4.90 Å². The number of benzene rings is 2. The highest BCUT2D eigenvalue weighted by atomic mass is 79.9. The van der Waals surface area contributed by atoms with Crippen molar-refractivity contribution in [2.24, 2.45) is 0 Å². The second-order valence-corrected chi connectivity index (χ2v) is 8.52. The fourth-order valence-corrected chi connectivity index (χ4v) is 4.78. The van der Waals surface area contributed by atoms with Crippen LogP contribution in [0, 0.1) is 11.6 Å². The summed E-state index contributed by atoms with van der Waals surface area (Å²) in [6.07, 6.45) is 4.96. The molecule has 146 valence electrons. The number of amides is 1. The van der Waals surface area contributed by atoms with Crippen LogP contribution in [-0.4, -0.2) is 28.9 Å². The maximum atomic E-state index is 14.2. The lowest BCUT2D eigenvalue weighted by Crippen LogP contribution is -2.56. The fourth-order valence-electron chi connectivity index (χ4n) is 4.37. The Morgan fingerprint density at radius 2 is 2.04 bits per heavy atom. The first kappa shape index (κ1) is 19.3. The minimum absolute atomic E-state index is 0.121. The molecule has 2 atom stereocenters. The van der Waals surface area contributed by atoms with E-state index in [9.17, 15) is 13.6 Å². The van der Waals surface area contributed by atoms with Crippen LogP contribution in [0.2, 0.25) is 0 Å². The van der Waals surface area contributed by atoms with Crippen LogP contribution in [0.3, 0.4) is 0 Å². The lowest BCUT2D eigenvalue weighted by Gasteiger charge is -2.47. The van der Waals surface area contributed by atoms with E-state index >= 15 is 0 Å². The van der Waals surface area contributed by atoms with Crippen LogP contribution >= 0.6 is 15.9 Å². The Hall–Kier alpha value is -2.05. The van der Waals surface area contributed by atoms with E-state index < -0.39 is 5.54 Å². The normalized spacial score (nSPS) is 25.1. The first-order valence-corrected chi connectivity index (χ1v) is 10.1. The molecule has 6 heteroatoms. The van der Waals surface area contributed by atoms with Crippen LogP contribution in [0.4, 0.5) is 14.5 Å². The van der Waals surface area contributed by atoms with Gasteiger partial charge in [0.1, 0.15) is 11.6 Å². The smallest absolute Gasteiger partial charge is 0.251 e. The van der Waals surface area contributed by atoms with Crippen LogP contribution in [0.5, 0.6) is 0 Å². The zero-order valence-electron chi connectivity index (χ0n) is 15.5. The number of nitrogens with zero attached hydrogens (tertiary/aromatic N) is 2. The molecule has 0 radical (unpaired) electrons. The van der Waals surface area contributed by atoms with Gasteiger partial charge in [-0.25, -0.2) is 8.78 Å². The molecule has 28 heavy (non-hydrogen) atoms. The molecule has 0 saturated carbocycles. The summed E-state index contributed by atoms with van der Waals surface area (Å²) in [4.78, 5) is 16.5. The van der Waals surface area contributed by atoms with Gasteiger partial charge in [-0.15, -0.1) is 0 Å². The number of hydrogen-bond donors (Lipinski definition) is 0. The van der Waals surface area contributed by atoms with Crippen molar-refractivity contribution in [2.75, 3.05) is 11.4 Å². The Labute approximate surface area is 171 Å². The Morgan fingerprint density at radius 1 is 1.21 bits per heavy atom. The summed E-state index contributed by atoms with van der Waals surface area (Å²) in [5.74, 6) is -0.694. The Kier molecular flexibility index (Phi) is 5.10. The molecule has 2 aromatic carbocycles. The summed E-state index contributed by atoms with van der Waals surface area (Å²) in [5, 5.41) is 0. The van der Waals surface area contributed by atoms with Crippen molar-refractivity contribution < 1.29 is 13.6 Å². The van der Waals surface area contributed by atoms with Gasteiger partial charge in [0.2, 0.25) is 0 Å². The molecule has 2 heterocycles. The van der Waals surface area contributed by atoms with Gasteiger partial charge < -0.3 is 0 Å². The standard InChI is InChI=1S/C22H21BrF2N2O/c1-15-13-22(8-7-21(28)27(22)19-4-2-3-18(24)12-19)9-10-26(15)14-16-11-17(23)5-6-20(16)25/h2-8,11-12,15H,9-10,13-14H2,1H3. The number of anilines is 1. The van der Waals surface area contributed by atoms with Crippen LogP contribution in [0.15, 0.2) is 59.1 Å². The van der Waals surface area contributed by atoms with E-state index in [-0.39, 0.29) is 23.6 Å². The highest BCUT2D eigenvalue weighted by Gasteiger charge is 2.46. The predicted octanol–water partition coefficient (Wildman–Crippen LogP) is 5.05. The molecule has 2 aliphatic rings. The Morgan fingerprint density at radius 3 is 2.79 bits per heavy atom. The van der Waals surface area contributed by atoms with Crippen LogP contribution in [-0.2, 0) is 11.3 Å². The molecular weight excluding hydrogens is 426 g/mol. The molecule has 0 N–H and O–H groups in total. The van der Waals surface area contributed by atoms with Crippen molar-refractivity contribution >= 4 is 27.5 Å². The summed E-state index contributed by atoms with van der Waals surface area (Å²) in [5.41, 5.74) is 0.766. The average molecular weight is 447 g/mol. The summed E-state index contributed by atoms with van der Waals surface area (Å²) in [7, 11) is 0. The summed E-state index contributed by atoms with van der Waals surface area (Å²) in [6, 6.07) is 11.3. The van der Waals surface area contributed by atoms with Gasteiger partial charge in [-0.1, -0.05) is 28.1 Å². The van der Waals surface area contributed by atoms with Gasteiger partial charge in [-0.2, -0.15) is 0 Å². The molecule has 4 rings (SSSR count). The Bertz CT molecular complexity index is 948. The average Bonchev–Trinajstić information content (AvgIpc) is 2.96. The van der Waals surface area contributed by atoms with Crippen LogP contribution in [0.1, 0.15) is 25.3 Å². The van der Waals surface area contributed by atoms with Crippen LogP contribution in [0.25, 0.3) is 0 Å². The molecular formula is C22H21BrF2N2O. The number of piperidine rings is 1. The van der Waals surface area contributed by atoms with E-state index in [0.29, 0.717) is 30.6 Å². The second-order valence-electron chi connectivity index (χ2n) is 7.60. The van der Waals surface area contributed by atoms with E-state index in [4.69, 9.17) is 0 Å². The number of carbonyl (C=O) groups excluding carboxylic acids is 1. The molecule has 2 aliphatic heterocycles. The summed E-state index contributed by atoms with van der Waals surface area (Å²) in [6.45, 7) is 3.33. The molecule has 0 aromatic heterocycles. The third-order valence-corrected chi connectivity index (χ3v) is 6.25. The summed E-state index contributed by atoms with van der Waals surface area (Å²) < 4.78 is 28.8. The van der Waals surface area contributed by atoms with Gasteiger partial charge >= 0.3 is 0 Å². The topological polar surface area (TPSA) is 23.6 Å². The third kappa shape index (κ3) is 3.51. The van der Waals surface area contributed by atoms with Crippen molar-refractivity contribution in [3.63, 3.8) is 0 Å². The zero-order chi connectivity index (χ0) is 19.9. The van der Waals surface area contributed by atoms with E-state index in [0.717, 1.165) is 11.0 Å². The van der Waals surface area contributed by atoms with E-state index in [1.807, 2.05) is 12.1 Å².